The van der Waals surface area contributed by atoms with Gasteiger partial charge >= 0.3 is 11.9 Å². The number of carboxylic acid groups (broad SMARTS) is 2. The smallest absolute Gasteiger partial charge is 0.320 e. The number of carboxylic acids is 2. The molecular weight excluding hydrogens is 304 g/mol. The molecule has 1 aromatic rings. The van der Waals surface area contributed by atoms with Crippen molar-refractivity contribution in [3.8, 4) is 0 Å². The number of nitrogens with one attached hydrogen (secondary N) is 1. The summed E-state index contributed by atoms with van der Waals surface area (Å²) in [6.07, 6.45) is -0.444. The van der Waals surface area contributed by atoms with Gasteiger partial charge in [-0.25, -0.2) is 0 Å². The lowest BCUT2D eigenvalue weighted by molar-refractivity contribution is -0.385. The Morgan fingerprint density at radius 3 is 2.57 bits per heavy atom. The zero-order valence-corrected chi connectivity index (χ0v) is 11.5. The van der Waals surface area contributed by atoms with Gasteiger partial charge in [-0.3, -0.25) is 19.7 Å². The first-order chi connectivity index (χ1) is 9.81. The van der Waals surface area contributed by atoms with E-state index in [1.54, 1.807) is 0 Å². The first kappa shape index (κ1) is 16.9. The van der Waals surface area contributed by atoms with E-state index in [1.165, 1.54) is 18.2 Å². The van der Waals surface area contributed by atoms with E-state index in [0.717, 1.165) is 0 Å². The van der Waals surface area contributed by atoms with Crippen LogP contribution in [0.4, 0.5) is 5.69 Å². The van der Waals surface area contributed by atoms with Crippen LogP contribution in [0.3, 0.4) is 0 Å². The van der Waals surface area contributed by atoms with Gasteiger partial charge in [-0.1, -0.05) is 11.6 Å². The van der Waals surface area contributed by atoms with Crippen molar-refractivity contribution < 1.29 is 24.7 Å². The molecule has 0 fully saturated rings. The lowest BCUT2D eigenvalue weighted by atomic mass is 10.1. The number of benzene rings is 1. The largest absolute Gasteiger partial charge is 0.481 e. The number of nitro benzene ring substituents is 1. The summed E-state index contributed by atoms with van der Waals surface area (Å²) in [6, 6.07) is 2.84. The molecule has 0 radical (unpaired) electrons. The second kappa shape index (κ2) is 7.55. The van der Waals surface area contributed by atoms with E-state index in [0.29, 0.717) is 0 Å². The molecule has 3 N–H and O–H groups in total. The zero-order chi connectivity index (χ0) is 16.0. The highest BCUT2D eigenvalue weighted by Gasteiger charge is 2.20. The number of halogens is 1. The number of rotatable bonds is 8. The number of hydrogen-bond acceptors (Lipinski definition) is 5. The molecule has 1 rings (SSSR count). The molecule has 0 aliphatic carbocycles. The molecule has 9 heteroatoms. The van der Waals surface area contributed by atoms with Crippen LogP contribution in [-0.2, 0) is 16.1 Å². The molecule has 1 aromatic carbocycles. The lowest BCUT2D eigenvalue weighted by Crippen LogP contribution is -2.36. The second-order valence-corrected chi connectivity index (χ2v) is 4.67. The third-order valence-corrected chi connectivity index (χ3v) is 2.96. The number of nitro groups is 1. The van der Waals surface area contributed by atoms with Crippen LogP contribution in [-0.4, -0.2) is 33.1 Å². The van der Waals surface area contributed by atoms with Gasteiger partial charge in [-0.05, 0) is 18.6 Å². The van der Waals surface area contributed by atoms with Crippen molar-refractivity contribution in [3.05, 3.63) is 38.9 Å². The lowest BCUT2D eigenvalue weighted by Gasteiger charge is -2.13. The van der Waals surface area contributed by atoms with E-state index < -0.39 is 22.9 Å². The van der Waals surface area contributed by atoms with Crippen molar-refractivity contribution in [1.29, 1.82) is 0 Å². The van der Waals surface area contributed by atoms with Crippen LogP contribution in [0.5, 0.6) is 0 Å². The van der Waals surface area contributed by atoms with E-state index in [2.05, 4.69) is 5.32 Å². The molecule has 0 aliphatic heterocycles. The molecule has 0 saturated carbocycles. The van der Waals surface area contributed by atoms with E-state index in [4.69, 9.17) is 21.8 Å². The summed E-state index contributed by atoms with van der Waals surface area (Å²) >= 11 is 5.76. The Morgan fingerprint density at radius 2 is 2.05 bits per heavy atom. The molecule has 21 heavy (non-hydrogen) atoms. The summed E-state index contributed by atoms with van der Waals surface area (Å²) in [5, 5.41) is 31.3. The minimum Gasteiger partial charge on any atom is -0.481 e. The van der Waals surface area contributed by atoms with Gasteiger partial charge in [0.25, 0.3) is 5.69 Å². The van der Waals surface area contributed by atoms with E-state index in [-0.39, 0.29) is 35.7 Å². The van der Waals surface area contributed by atoms with Crippen LogP contribution < -0.4 is 5.32 Å². The van der Waals surface area contributed by atoms with Gasteiger partial charge in [0.1, 0.15) is 6.04 Å². The van der Waals surface area contributed by atoms with Crippen LogP contribution in [0.2, 0.25) is 5.02 Å². The molecule has 0 heterocycles. The summed E-state index contributed by atoms with van der Waals surface area (Å²) < 4.78 is 0. The SMILES string of the molecule is O=C(O)CCC(NCc1cc(Cl)ccc1[N+](=O)[O-])C(=O)O. The minimum atomic E-state index is -1.22. The van der Waals surface area contributed by atoms with E-state index >= 15 is 0 Å². The average molecular weight is 317 g/mol. The van der Waals surface area contributed by atoms with Gasteiger partial charge in [-0.15, -0.1) is 0 Å². The van der Waals surface area contributed by atoms with Crippen LogP contribution >= 0.6 is 11.6 Å². The minimum absolute atomic E-state index is 0.104. The molecule has 114 valence electrons. The first-order valence-corrected chi connectivity index (χ1v) is 6.30. The van der Waals surface area contributed by atoms with Gasteiger partial charge in [0, 0.05) is 29.6 Å². The summed E-state index contributed by atoms with van der Waals surface area (Å²) in [5.74, 6) is -2.34. The predicted octanol–water partition coefficient (Wildman–Crippen LogP) is 1.66. The third-order valence-electron chi connectivity index (χ3n) is 2.72. The molecule has 0 spiro atoms. The first-order valence-electron chi connectivity index (χ1n) is 5.92. The molecule has 0 amide bonds. The fourth-order valence-corrected chi connectivity index (χ4v) is 1.88. The standard InChI is InChI=1S/C12H13ClN2O6/c13-8-1-3-10(15(20)21)7(5-8)6-14-9(12(18)19)2-4-11(16)17/h1,3,5,9,14H,2,4,6H2,(H,16,17)(H,18,19). The van der Waals surface area contributed by atoms with Gasteiger partial charge in [0.05, 0.1) is 4.92 Å². The highest BCUT2D eigenvalue weighted by Crippen LogP contribution is 2.22. The molecule has 0 aromatic heterocycles. The molecular formula is C12H13ClN2O6. The Hall–Kier alpha value is -2.19. The Kier molecular flexibility index (Phi) is 6.07. The van der Waals surface area contributed by atoms with Crippen LogP contribution in [0, 0.1) is 10.1 Å². The molecule has 8 nitrogen and oxygen atoms in total. The maximum absolute atomic E-state index is 11.0. The Balaban J connectivity index is 2.80. The molecule has 0 saturated heterocycles. The summed E-state index contributed by atoms with van der Waals surface area (Å²) in [7, 11) is 0. The number of hydrogen-bond donors (Lipinski definition) is 3. The van der Waals surface area contributed by atoms with Crippen molar-refractivity contribution in [1.82, 2.24) is 5.32 Å². The Morgan fingerprint density at radius 1 is 1.38 bits per heavy atom. The van der Waals surface area contributed by atoms with E-state index in [9.17, 15) is 19.7 Å². The molecule has 0 bridgehead atoms. The van der Waals surface area contributed by atoms with Crippen molar-refractivity contribution in [3.63, 3.8) is 0 Å². The second-order valence-electron chi connectivity index (χ2n) is 4.23. The highest BCUT2D eigenvalue weighted by atomic mass is 35.5. The predicted molar refractivity (Wildman–Crippen MR) is 73.2 cm³/mol. The number of carbonyl (C=O) groups is 2. The third kappa shape index (κ3) is 5.36. The molecule has 1 unspecified atom stereocenters. The molecule has 0 aliphatic rings. The number of nitrogens with zero attached hydrogens (tertiary/aromatic N) is 1. The topological polar surface area (TPSA) is 130 Å². The summed E-state index contributed by atoms with van der Waals surface area (Å²) in [4.78, 5) is 31.7. The van der Waals surface area contributed by atoms with Gasteiger partial charge in [0.15, 0.2) is 0 Å². The normalized spacial score (nSPS) is 11.9. The maximum Gasteiger partial charge on any atom is 0.320 e. The van der Waals surface area contributed by atoms with Crippen molar-refractivity contribution in [2.45, 2.75) is 25.4 Å². The van der Waals surface area contributed by atoms with Crippen LogP contribution in [0.1, 0.15) is 18.4 Å². The maximum atomic E-state index is 11.0. The highest BCUT2D eigenvalue weighted by molar-refractivity contribution is 6.30. The Bertz CT molecular complexity index is 563. The quantitative estimate of drug-likeness (QED) is 0.491. The van der Waals surface area contributed by atoms with Gasteiger partial charge in [-0.2, -0.15) is 0 Å². The van der Waals surface area contributed by atoms with Crippen LogP contribution in [0.15, 0.2) is 18.2 Å². The fraction of sp³-hybridized carbons (Fsp3) is 0.333. The average Bonchev–Trinajstić information content (AvgIpc) is 2.37. The van der Waals surface area contributed by atoms with E-state index in [1.807, 2.05) is 0 Å². The van der Waals surface area contributed by atoms with Crippen molar-refractivity contribution in [2.24, 2.45) is 0 Å². The summed E-state index contributed by atoms with van der Waals surface area (Å²) in [6.45, 7) is -0.104. The van der Waals surface area contributed by atoms with Gasteiger partial charge in [0.2, 0.25) is 0 Å². The summed E-state index contributed by atoms with van der Waals surface area (Å²) in [5.41, 5.74) is 0.0448. The van der Waals surface area contributed by atoms with Crippen molar-refractivity contribution in [2.75, 3.05) is 0 Å². The molecule has 1 atom stereocenters. The zero-order valence-electron chi connectivity index (χ0n) is 10.8. The Labute approximate surface area is 124 Å². The number of aliphatic carboxylic acids is 2. The van der Waals surface area contributed by atoms with Crippen molar-refractivity contribution >= 4 is 29.2 Å². The fourth-order valence-electron chi connectivity index (χ4n) is 1.69. The van der Waals surface area contributed by atoms with Crippen LogP contribution in [0.25, 0.3) is 0 Å². The van der Waals surface area contributed by atoms with Gasteiger partial charge < -0.3 is 15.5 Å². The monoisotopic (exact) mass is 316 g/mol.